The van der Waals surface area contributed by atoms with Crippen LogP contribution in [0.1, 0.15) is 0 Å². The summed E-state index contributed by atoms with van der Waals surface area (Å²) in [5.41, 5.74) is 9.15. The molecule has 14 aromatic rings. The molecule has 0 radical (unpaired) electrons. The third-order valence-corrected chi connectivity index (χ3v) is 14.7. The number of furan rings is 1. The summed E-state index contributed by atoms with van der Waals surface area (Å²) in [4.78, 5) is 0. The molecule has 0 atom stereocenters. The Morgan fingerprint density at radius 1 is 0.242 bits per heavy atom. The van der Waals surface area contributed by atoms with Gasteiger partial charge in [-0.15, -0.1) is 11.3 Å². The summed E-state index contributed by atoms with van der Waals surface area (Å²) in [6.07, 6.45) is 0. The Labute approximate surface area is 360 Å². The van der Waals surface area contributed by atoms with E-state index in [2.05, 4.69) is 200 Å². The predicted molar refractivity (Wildman–Crippen MR) is 268 cm³/mol. The van der Waals surface area contributed by atoms with Crippen LogP contribution in [0, 0.1) is 0 Å². The molecule has 2 aromatic heterocycles. The fourth-order valence-electron chi connectivity index (χ4n) is 10.7. The average molecular weight is 803 g/mol. The van der Waals surface area contributed by atoms with Gasteiger partial charge in [-0.2, -0.15) is 0 Å². The van der Waals surface area contributed by atoms with E-state index < -0.39 is 0 Å². The van der Waals surface area contributed by atoms with Gasteiger partial charge in [-0.3, -0.25) is 0 Å². The van der Waals surface area contributed by atoms with Gasteiger partial charge in [0.2, 0.25) is 0 Å². The standard InChI is InChI=1S/C60H34OS/c1-4-20-44-39(16-1)41-18-3-10-26-50(41)59-57(44)58-45-21-5-2-17-40(45)42-30-28-36(33-52(42)60(58)62-59)35-14-13-15-37(32-35)55-46-22-6-8-24-48(46)56(49-25-9-7-23-47(49)55)38-29-31-54-51(34-38)43-19-11-12-27-53(43)61-54/h1-34H. The van der Waals surface area contributed by atoms with Crippen LogP contribution in [-0.4, -0.2) is 0 Å². The Kier molecular flexibility index (Phi) is 7.05. The number of rotatable bonds is 3. The molecule has 62 heavy (non-hydrogen) atoms. The second-order valence-electron chi connectivity index (χ2n) is 16.6. The molecule has 286 valence electrons. The number of hydrogen-bond donors (Lipinski definition) is 0. The molecule has 2 heterocycles. The smallest absolute Gasteiger partial charge is 0.135 e. The highest BCUT2D eigenvalue weighted by Crippen LogP contribution is 2.50. The van der Waals surface area contributed by atoms with Gasteiger partial charge in [-0.25, -0.2) is 0 Å². The molecule has 0 N–H and O–H groups in total. The van der Waals surface area contributed by atoms with Gasteiger partial charge in [0.05, 0.1) is 0 Å². The number of benzene rings is 12. The molecule has 0 spiro atoms. The maximum Gasteiger partial charge on any atom is 0.135 e. The molecule has 0 bridgehead atoms. The Hall–Kier alpha value is -7.78. The molecule has 0 aliphatic carbocycles. The van der Waals surface area contributed by atoms with Crippen LogP contribution in [0.5, 0.6) is 0 Å². The van der Waals surface area contributed by atoms with Crippen molar-refractivity contribution in [2.45, 2.75) is 0 Å². The van der Waals surface area contributed by atoms with Crippen LogP contribution in [0.3, 0.4) is 0 Å². The minimum absolute atomic E-state index is 0.911. The lowest BCUT2D eigenvalue weighted by Gasteiger charge is -2.18. The fourth-order valence-corrected chi connectivity index (χ4v) is 12.1. The van der Waals surface area contributed by atoms with E-state index in [4.69, 9.17) is 4.42 Å². The zero-order valence-electron chi connectivity index (χ0n) is 33.4. The van der Waals surface area contributed by atoms with Gasteiger partial charge in [0.15, 0.2) is 0 Å². The third-order valence-electron chi connectivity index (χ3n) is 13.4. The highest BCUT2D eigenvalue weighted by Gasteiger charge is 2.21. The molecular formula is C60H34OS. The largest absolute Gasteiger partial charge is 0.456 e. The van der Waals surface area contributed by atoms with Crippen molar-refractivity contribution >= 4 is 118 Å². The first-order valence-corrected chi connectivity index (χ1v) is 22.1. The van der Waals surface area contributed by atoms with E-state index in [9.17, 15) is 0 Å². The molecule has 0 saturated heterocycles. The van der Waals surface area contributed by atoms with Gasteiger partial charge >= 0.3 is 0 Å². The average Bonchev–Trinajstić information content (AvgIpc) is 3.93. The lowest BCUT2D eigenvalue weighted by Crippen LogP contribution is -1.91. The quantitative estimate of drug-likeness (QED) is 0.128. The molecule has 12 aromatic carbocycles. The molecular weight excluding hydrogens is 769 g/mol. The lowest BCUT2D eigenvalue weighted by molar-refractivity contribution is 0.669. The van der Waals surface area contributed by atoms with Crippen LogP contribution in [0.4, 0.5) is 0 Å². The van der Waals surface area contributed by atoms with Gasteiger partial charge in [0, 0.05) is 41.7 Å². The maximum absolute atomic E-state index is 6.25. The van der Waals surface area contributed by atoms with Gasteiger partial charge in [-0.05, 0) is 118 Å². The zero-order chi connectivity index (χ0) is 40.5. The van der Waals surface area contributed by atoms with Crippen molar-refractivity contribution in [3.05, 3.63) is 206 Å². The Morgan fingerprint density at radius 2 is 0.645 bits per heavy atom. The Morgan fingerprint density at radius 3 is 1.27 bits per heavy atom. The van der Waals surface area contributed by atoms with Crippen molar-refractivity contribution in [2.75, 3.05) is 0 Å². The van der Waals surface area contributed by atoms with E-state index in [0.717, 1.165) is 21.9 Å². The summed E-state index contributed by atoms with van der Waals surface area (Å²) in [5, 5.41) is 20.5. The first-order valence-electron chi connectivity index (χ1n) is 21.3. The second-order valence-corrected chi connectivity index (χ2v) is 17.7. The summed E-state index contributed by atoms with van der Waals surface area (Å²) in [6.45, 7) is 0. The number of para-hydroxylation sites is 1. The molecule has 14 rings (SSSR count). The maximum atomic E-state index is 6.25. The lowest BCUT2D eigenvalue weighted by atomic mass is 9.85. The first kappa shape index (κ1) is 34.0. The minimum atomic E-state index is 0.911. The van der Waals surface area contributed by atoms with E-state index in [1.54, 1.807) is 0 Å². The van der Waals surface area contributed by atoms with Crippen LogP contribution >= 0.6 is 11.3 Å². The zero-order valence-corrected chi connectivity index (χ0v) is 34.3. The number of thiophene rings is 1. The molecule has 2 heteroatoms. The minimum Gasteiger partial charge on any atom is -0.456 e. The normalized spacial score (nSPS) is 12.2. The van der Waals surface area contributed by atoms with E-state index in [1.165, 1.54) is 118 Å². The monoisotopic (exact) mass is 802 g/mol. The molecule has 0 aliphatic heterocycles. The molecule has 0 fully saturated rings. The van der Waals surface area contributed by atoms with Gasteiger partial charge in [0.1, 0.15) is 11.2 Å². The number of fused-ring (bicyclic) bond motifs is 18. The summed E-state index contributed by atoms with van der Waals surface area (Å²) >= 11 is 1.95. The van der Waals surface area contributed by atoms with Crippen LogP contribution in [-0.2, 0) is 0 Å². The van der Waals surface area contributed by atoms with Crippen molar-refractivity contribution in [3.63, 3.8) is 0 Å². The third kappa shape index (κ3) is 4.73. The van der Waals surface area contributed by atoms with Crippen LogP contribution in [0.2, 0.25) is 0 Å². The van der Waals surface area contributed by atoms with E-state index in [-0.39, 0.29) is 0 Å². The highest BCUT2D eigenvalue weighted by molar-refractivity contribution is 7.28. The van der Waals surface area contributed by atoms with E-state index in [0.29, 0.717) is 0 Å². The SMILES string of the molecule is c1cc(-c2ccc3c4ccccc4c4c(sc5c6ccccc6c6ccccc6c54)c3c2)cc(-c2c3ccccc3c(-c3ccc4oc5ccccc5c4c3)c3ccccc23)c1. The summed E-state index contributed by atoms with van der Waals surface area (Å²) in [6, 6.07) is 76.1. The Balaban J connectivity index is 1.00. The molecule has 1 nitrogen and oxygen atoms in total. The Bertz CT molecular complexity index is 4160. The first-order chi connectivity index (χ1) is 30.8. The fraction of sp³-hybridized carbons (Fsp3) is 0. The van der Waals surface area contributed by atoms with E-state index in [1.807, 2.05) is 17.4 Å². The van der Waals surface area contributed by atoms with Crippen molar-refractivity contribution in [1.82, 2.24) is 0 Å². The van der Waals surface area contributed by atoms with Crippen molar-refractivity contribution in [2.24, 2.45) is 0 Å². The van der Waals surface area contributed by atoms with Crippen molar-refractivity contribution in [1.29, 1.82) is 0 Å². The molecule has 0 saturated carbocycles. The topological polar surface area (TPSA) is 13.1 Å². The van der Waals surface area contributed by atoms with E-state index >= 15 is 0 Å². The molecule has 0 aliphatic rings. The van der Waals surface area contributed by atoms with Crippen molar-refractivity contribution < 1.29 is 4.42 Å². The summed E-state index contributed by atoms with van der Waals surface area (Å²) < 4.78 is 8.96. The van der Waals surface area contributed by atoms with Crippen LogP contribution in [0.25, 0.3) is 140 Å². The van der Waals surface area contributed by atoms with Gasteiger partial charge in [-0.1, -0.05) is 176 Å². The summed E-state index contributed by atoms with van der Waals surface area (Å²) in [7, 11) is 0. The van der Waals surface area contributed by atoms with Crippen LogP contribution < -0.4 is 0 Å². The van der Waals surface area contributed by atoms with Gasteiger partial charge in [0.25, 0.3) is 0 Å². The van der Waals surface area contributed by atoms with Crippen LogP contribution in [0.15, 0.2) is 211 Å². The number of hydrogen-bond acceptors (Lipinski definition) is 2. The predicted octanol–water partition coefficient (Wildman–Crippen LogP) is 17.9. The summed E-state index contributed by atoms with van der Waals surface area (Å²) in [5.74, 6) is 0. The molecule has 0 amide bonds. The highest BCUT2D eigenvalue weighted by atomic mass is 32.1. The van der Waals surface area contributed by atoms with Gasteiger partial charge < -0.3 is 4.42 Å². The second kappa shape index (κ2) is 12.9. The van der Waals surface area contributed by atoms with Crippen molar-refractivity contribution in [3.8, 4) is 33.4 Å². The molecule has 0 unspecified atom stereocenters.